The molecule has 1 heterocycles. The molecule has 0 aliphatic heterocycles. The summed E-state index contributed by atoms with van der Waals surface area (Å²) >= 11 is 1.75. The Morgan fingerprint density at radius 2 is 2.14 bits per heavy atom. The van der Waals surface area contributed by atoms with Crippen LogP contribution in [0.2, 0.25) is 0 Å². The van der Waals surface area contributed by atoms with Crippen molar-refractivity contribution in [1.82, 2.24) is 4.98 Å². The van der Waals surface area contributed by atoms with Gasteiger partial charge in [-0.2, -0.15) is 0 Å². The summed E-state index contributed by atoms with van der Waals surface area (Å²) in [6.07, 6.45) is 1.09. The Morgan fingerprint density at radius 1 is 1.36 bits per heavy atom. The predicted molar refractivity (Wildman–Crippen MR) is 63.1 cm³/mol. The fourth-order valence-corrected chi connectivity index (χ4v) is 2.62. The van der Waals surface area contributed by atoms with Gasteiger partial charge in [0.15, 0.2) is 0 Å². The predicted octanol–water partition coefficient (Wildman–Crippen LogP) is 3.98. The number of fused-ring (bicyclic) bond motifs is 1. The molecule has 1 aromatic carbocycles. The molecule has 0 fully saturated rings. The van der Waals surface area contributed by atoms with Crippen LogP contribution in [0.15, 0.2) is 17.6 Å². The van der Waals surface area contributed by atoms with Crippen LogP contribution < -0.4 is 0 Å². The van der Waals surface area contributed by atoms with E-state index >= 15 is 0 Å². The van der Waals surface area contributed by atoms with Crippen molar-refractivity contribution in [2.45, 2.75) is 33.1 Å². The van der Waals surface area contributed by atoms with Crippen molar-refractivity contribution in [1.29, 1.82) is 0 Å². The fraction of sp³-hybridized carbons (Fsp3) is 0.417. The minimum absolute atomic E-state index is 0.587. The lowest BCUT2D eigenvalue weighted by Gasteiger charge is -2.08. The first-order chi connectivity index (χ1) is 6.72. The van der Waals surface area contributed by atoms with E-state index in [9.17, 15) is 0 Å². The second-order valence-corrected chi connectivity index (χ2v) is 4.75. The van der Waals surface area contributed by atoms with Gasteiger partial charge in [0.25, 0.3) is 0 Å². The Labute approximate surface area is 88.8 Å². The first kappa shape index (κ1) is 9.66. The zero-order chi connectivity index (χ0) is 10.1. The summed E-state index contributed by atoms with van der Waals surface area (Å²) in [5, 5.41) is 0. The van der Waals surface area contributed by atoms with Gasteiger partial charge in [-0.1, -0.05) is 26.8 Å². The molecule has 0 bridgehead atoms. The highest BCUT2D eigenvalue weighted by Crippen LogP contribution is 2.29. The van der Waals surface area contributed by atoms with Crippen molar-refractivity contribution in [2.24, 2.45) is 0 Å². The van der Waals surface area contributed by atoms with Crippen molar-refractivity contribution in [3.05, 3.63) is 28.8 Å². The molecule has 0 aliphatic carbocycles. The molecular formula is C12H15NS. The van der Waals surface area contributed by atoms with Crippen LogP contribution in [-0.4, -0.2) is 4.98 Å². The third-order valence-electron chi connectivity index (χ3n) is 2.55. The summed E-state index contributed by atoms with van der Waals surface area (Å²) in [6.45, 7) is 6.68. The van der Waals surface area contributed by atoms with E-state index in [1.54, 1.807) is 11.3 Å². The molecule has 0 radical (unpaired) electrons. The summed E-state index contributed by atoms with van der Waals surface area (Å²) in [4.78, 5) is 4.39. The Morgan fingerprint density at radius 3 is 2.79 bits per heavy atom. The van der Waals surface area contributed by atoms with E-state index in [4.69, 9.17) is 0 Å². The zero-order valence-electron chi connectivity index (χ0n) is 8.87. The van der Waals surface area contributed by atoms with Crippen LogP contribution in [-0.2, 0) is 6.42 Å². The van der Waals surface area contributed by atoms with Crippen LogP contribution in [0.25, 0.3) is 10.2 Å². The lowest BCUT2D eigenvalue weighted by Crippen LogP contribution is -1.90. The molecule has 0 amide bonds. The Kier molecular flexibility index (Phi) is 2.55. The summed E-state index contributed by atoms with van der Waals surface area (Å²) in [5.41, 5.74) is 5.95. The van der Waals surface area contributed by atoms with Crippen LogP contribution >= 0.6 is 11.3 Å². The molecule has 1 nitrogen and oxygen atoms in total. The summed E-state index contributed by atoms with van der Waals surface area (Å²) in [6, 6.07) is 4.53. The van der Waals surface area contributed by atoms with E-state index in [2.05, 4.69) is 37.9 Å². The van der Waals surface area contributed by atoms with Gasteiger partial charge in [0.1, 0.15) is 0 Å². The Balaban J connectivity index is 2.70. The second-order valence-electron chi connectivity index (χ2n) is 3.89. The molecule has 2 aromatic rings. The molecule has 0 unspecified atom stereocenters. The van der Waals surface area contributed by atoms with E-state index in [1.165, 1.54) is 15.8 Å². The summed E-state index contributed by atoms with van der Waals surface area (Å²) in [7, 11) is 0. The highest BCUT2D eigenvalue weighted by Gasteiger charge is 2.08. The zero-order valence-corrected chi connectivity index (χ0v) is 9.69. The first-order valence-electron chi connectivity index (χ1n) is 5.08. The SMILES string of the molecule is CCc1cc(C(C)C)c2scnc2c1. The van der Waals surface area contributed by atoms with Gasteiger partial charge in [0.2, 0.25) is 0 Å². The van der Waals surface area contributed by atoms with Gasteiger partial charge in [-0.25, -0.2) is 4.98 Å². The van der Waals surface area contributed by atoms with E-state index in [-0.39, 0.29) is 0 Å². The quantitative estimate of drug-likeness (QED) is 0.722. The molecule has 2 rings (SSSR count). The summed E-state index contributed by atoms with van der Waals surface area (Å²) in [5.74, 6) is 0.587. The number of thiazole rings is 1. The molecule has 74 valence electrons. The standard InChI is InChI=1S/C12H15NS/c1-4-9-5-10(8(2)3)12-11(6-9)13-7-14-12/h5-8H,4H2,1-3H3. The van der Waals surface area contributed by atoms with Crippen molar-refractivity contribution in [3.8, 4) is 0 Å². The summed E-state index contributed by atoms with van der Waals surface area (Å²) < 4.78 is 1.36. The van der Waals surface area contributed by atoms with E-state index in [0.29, 0.717) is 5.92 Å². The van der Waals surface area contributed by atoms with Crippen molar-refractivity contribution in [2.75, 3.05) is 0 Å². The highest BCUT2D eigenvalue weighted by molar-refractivity contribution is 7.17. The van der Waals surface area contributed by atoms with E-state index in [0.717, 1.165) is 11.9 Å². The monoisotopic (exact) mass is 205 g/mol. The van der Waals surface area contributed by atoms with Gasteiger partial charge in [-0.15, -0.1) is 11.3 Å². The third-order valence-corrected chi connectivity index (χ3v) is 3.44. The normalized spacial score (nSPS) is 11.4. The van der Waals surface area contributed by atoms with Gasteiger partial charge in [-0.05, 0) is 29.5 Å². The van der Waals surface area contributed by atoms with E-state index < -0.39 is 0 Å². The Hall–Kier alpha value is -0.890. The molecule has 14 heavy (non-hydrogen) atoms. The van der Waals surface area contributed by atoms with Crippen molar-refractivity contribution < 1.29 is 0 Å². The van der Waals surface area contributed by atoms with Crippen LogP contribution in [0.5, 0.6) is 0 Å². The number of hydrogen-bond acceptors (Lipinski definition) is 2. The largest absolute Gasteiger partial charge is 0.245 e. The lowest BCUT2D eigenvalue weighted by molar-refractivity contribution is 0.874. The number of aromatic nitrogens is 1. The number of hydrogen-bond donors (Lipinski definition) is 0. The third kappa shape index (κ3) is 1.55. The van der Waals surface area contributed by atoms with E-state index in [1.807, 2.05) is 5.51 Å². The molecular weight excluding hydrogens is 190 g/mol. The van der Waals surface area contributed by atoms with Gasteiger partial charge in [0, 0.05) is 0 Å². The van der Waals surface area contributed by atoms with Crippen molar-refractivity contribution >= 4 is 21.6 Å². The number of nitrogens with zero attached hydrogens (tertiary/aromatic N) is 1. The first-order valence-corrected chi connectivity index (χ1v) is 5.96. The molecule has 1 aromatic heterocycles. The highest BCUT2D eigenvalue weighted by atomic mass is 32.1. The molecule has 0 N–H and O–H groups in total. The minimum Gasteiger partial charge on any atom is -0.245 e. The van der Waals surface area contributed by atoms with Crippen LogP contribution in [0.1, 0.15) is 37.8 Å². The minimum atomic E-state index is 0.587. The van der Waals surface area contributed by atoms with Gasteiger partial charge >= 0.3 is 0 Å². The van der Waals surface area contributed by atoms with Crippen molar-refractivity contribution in [3.63, 3.8) is 0 Å². The maximum absolute atomic E-state index is 4.39. The lowest BCUT2D eigenvalue weighted by atomic mass is 9.99. The molecule has 2 heteroatoms. The van der Waals surface area contributed by atoms with Crippen LogP contribution in [0.4, 0.5) is 0 Å². The molecule has 0 aliphatic rings. The van der Waals surface area contributed by atoms with Gasteiger partial charge < -0.3 is 0 Å². The number of aryl methyl sites for hydroxylation is 1. The molecule has 0 spiro atoms. The van der Waals surface area contributed by atoms with Crippen LogP contribution in [0.3, 0.4) is 0 Å². The topological polar surface area (TPSA) is 12.9 Å². The van der Waals surface area contributed by atoms with Gasteiger partial charge in [-0.3, -0.25) is 0 Å². The average Bonchev–Trinajstić information content (AvgIpc) is 2.63. The molecule has 0 atom stereocenters. The number of benzene rings is 1. The maximum atomic E-state index is 4.39. The molecule has 0 saturated heterocycles. The Bertz CT molecular complexity index is 443. The number of rotatable bonds is 2. The van der Waals surface area contributed by atoms with Crippen LogP contribution in [0, 0.1) is 0 Å². The smallest absolute Gasteiger partial charge is 0.0817 e. The second kappa shape index (κ2) is 3.70. The fourth-order valence-electron chi connectivity index (χ4n) is 1.69. The maximum Gasteiger partial charge on any atom is 0.0817 e. The van der Waals surface area contributed by atoms with Gasteiger partial charge in [0.05, 0.1) is 15.7 Å². The molecule has 0 saturated carbocycles. The average molecular weight is 205 g/mol.